The molecule has 0 saturated heterocycles. The van der Waals surface area contributed by atoms with E-state index < -0.39 is 0 Å². The molecule has 1 aliphatic carbocycles. The number of nitrogens with one attached hydrogen (secondary N) is 1. The molecular formula is C28H31N5O3. The summed E-state index contributed by atoms with van der Waals surface area (Å²) in [4.78, 5) is 16.7. The van der Waals surface area contributed by atoms with Crippen molar-refractivity contribution in [3.8, 4) is 22.8 Å². The highest BCUT2D eigenvalue weighted by Gasteiger charge is 2.30. The van der Waals surface area contributed by atoms with Crippen LogP contribution in [0.3, 0.4) is 0 Å². The maximum Gasteiger partial charge on any atom is 0.259 e. The van der Waals surface area contributed by atoms with Crippen LogP contribution < -0.4 is 4.74 Å². The zero-order valence-electron chi connectivity index (χ0n) is 21.3. The third-order valence-electron chi connectivity index (χ3n) is 7.20. The maximum atomic E-state index is 12.1. The van der Waals surface area contributed by atoms with Gasteiger partial charge < -0.3 is 24.3 Å². The number of aromatic nitrogens is 4. The minimum Gasteiger partial charge on any atom is -0.494 e. The Morgan fingerprint density at radius 2 is 2.03 bits per heavy atom. The summed E-state index contributed by atoms with van der Waals surface area (Å²) in [6.45, 7) is 5.32. The van der Waals surface area contributed by atoms with E-state index in [4.69, 9.17) is 9.84 Å². The van der Waals surface area contributed by atoms with Gasteiger partial charge in [-0.25, -0.2) is 0 Å². The number of H-pyrrole nitrogens is 1. The number of fused-ring (bicyclic) bond motifs is 10. The molecule has 186 valence electrons. The van der Waals surface area contributed by atoms with Gasteiger partial charge in [-0.1, -0.05) is 13.8 Å². The molecular weight excluding hydrogens is 454 g/mol. The molecule has 1 amide bonds. The average molecular weight is 486 g/mol. The van der Waals surface area contributed by atoms with Gasteiger partial charge in [-0.2, -0.15) is 5.10 Å². The summed E-state index contributed by atoms with van der Waals surface area (Å²) in [6, 6.07) is 6.07. The van der Waals surface area contributed by atoms with Crippen molar-refractivity contribution in [3.63, 3.8) is 0 Å². The van der Waals surface area contributed by atoms with Gasteiger partial charge in [0.15, 0.2) is 12.5 Å². The highest BCUT2D eigenvalue weighted by atomic mass is 16.5. The Morgan fingerprint density at radius 3 is 2.78 bits per heavy atom. The van der Waals surface area contributed by atoms with Gasteiger partial charge in [-0.3, -0.25) is 9.48 Å². The SMILES string of the molecule is CC(C)Cn1c2ccc(OCC(=O)N(C)C)cc2c2c3c[nH]c(O)c3c3c(c21)CCc1nn(C)cc1-3. The van der Waals surface area contributed by atoms with Gasteiger partial charge in [0.05, 0.1) is 16.6 Å². The van der Waals surface area contributed by atoms with Gasteiger partial charge in [-0.05, 0) is 42.5 Å². The lowest BCUT2D eigenvalue weighted by Gasteiger charge is -2.21. The van der Waals surface area contributed by atoms with E-state index in [0.717, 1.165) is 63.3 Å². The Balaban J connectivity index is 1.69. The second kappa shape index (κ2) is 8.05. The van der Waals surface area contributed by atoms with Crippen molar-refractivity contribution in [1.29, 1.82) is 0 Å². The molecule has 8 heteroatoms. The maximum absolute atomic E-state index is 12.1. The van der Waals surface area contributed by atoms with Crippen LogP contribution in [0.1, 0.15) is 25.1 Å². The Morgan fingerprint density at radius 1 is 1.22 bits per heavy atom. The van der Waals surface area contributed by atoms with Crippen LogP contribution in [-0.4, -0.2) is 55.9 Å². The quantitative estimate of drug-likeness (QED) is 0.381. The first-order valence-corrected chi connectivity index (χ1v) is 12.4. The second-order valence-electron chi connectivity index (χ2n) is 10.4. The summed E-state index contributed by atoms with van der Waals surface area (Å²) in [5, 5.41) is 19.7. The molecule has 2 aromatic carbocycles. The number of rotatable bonds is 5. The minimum atomic E-state index is -0.0865. The molecule has 0 spiro atoms. The van der Waals surface area contributed by atoms with Crippen LogP contribution in [0.5, 0.6) is 11.6 Å². The van der Waals surface area contributed by atoms with Crippen molar-refractivity contribution < 1.29 is 14.6 Å². The Bertz CT molecular complexity index is 1670. The molecule has 6 rings (SSSR count). The molecule has 5 aromatic rings. The lowest BCUT2D eigenvalue weighted by Crippen LogP contribution is -2.27. The fraction of sp³-hybridized carbons (Fsp3) is 0.357. The third kappa shape index (κ3) is 3.27. The van der Waals surface area contributed by atoms with E-state index in [0.29, 0.717) is 11.7 Å². The number of aromatic amines is 1. The molecule has 8 nitrogen and oxygen atoms in total. The number of aromatic hydroxyl groups is 1. The first kappa shape index (κ1) is 22.5. The molecule has 36 heavy (non-hydrogen) atoms. The average Bonchev–Trinajstić information content (AvgIpc) is 3.50. The van der Waals surface area contributed by atoms with Crippen molar-refractivity contribution in [2.45, 2.75) is 33.2 Å². The number of amides is 1. The molecule has 0 radical (unpaired) electrons. The van der Waals surface area contributed by atoms with Crippen molar-refractivity contribution in [1.82, 2.24) is 24.2 Å². The van der Waals surface area contributed by atoms with Crippen LogP contribution >= 0.6 is 0 Å². The Hall–Kier alpha value is -3.94. The van der Waals surface area contributed by atoms with E-state index in [2.05, 4.69) is 35.7 Å². The van der Waals surface area contributed by atoms with E-state index in [1.807, 2.05) is 30.1 Å². The summed E-state index contributed by atoms with van der Waals surface area (Å²) in [5.74, 6) is 1.19. The molecule has 2 N–H and O–H groups in total. The molecule has 0 unspecified atom stereocenters. The first-order chi connectivity index (χ1) is 17.2. The van der Waals surface area contributed by atoms with Gasteiger partial charge in [-0.15, -0.1) is 0 Å². The van der Waals surface area contributed by atoms with Crippen LogP contribution in [0.4, 0.5) is 0 Å². The minimum absolute atomic E-state index is 0.0112. The van der Waals surface area contributed by atoms with Crippen LogP contribution in [0, 0.1) is 5.92 Å². The van der Waals surface area contributed by atoms with Gasteiger partial charge in [0.2, 0.25) is 0 Å². The van der Waals surface area contributed by atoms with Crippen LogP contribution in [0.25, 0.3) is 43.7 Å². The van der Waals surface area contributed by atoms with Crippen LogP contribution in [0.2, 0.25) is 0 Å². The summed E-state index contributed by atoms with van der Waals surface area (Å²) < 4.78 is 10.2. The third-order valence-corrected chi connectivity index (χ3v) is 7.20. The van der Waals surface area contributed by atoms with E-state index in [1.165, 1.54) is 16.0 Å². The first-order valence-electron chi connectivity index (χ1n) is 12.4. The van der Waals surface area contributed by atoms with E-state index in [9.17, 15) is 9.90 Å². The van der Waals surface area contributed by atoms with Crippen LogP contribution in [0.15, 0.2) is 30.6 Å². The zero-order valence-corrected chi connectivity index (χ0v) is 21.3. The normalized spacial score (nSPS) is 13.1. The number of carbonyl (C=O) groups is 1. The van der Waals surface area contributed by atoms with Crippen molar-refractivity contribution >= 4 is 38.5 Å². The highest BCUT2D eigenvalue weighted by molar-refractivity contribution is 6.26. The molecule has 3 aromatic heterocycles. The Kier molecular flexibility index (Phi) is 5.03. The molecule has 0 saturated carbocycles. The number of nitrogens with zero attached hydrogens (tertiary/aromatic N) is 4. The molecule has 0 aliphatic heterocycles. The van der Waals surface area contributed by atoms with Crippen LogP contribution in [-0.2, 0) is 31.2 Å². The number of hydrogen-bond donors (Lipinski definition) is 2. The fourth-order valence-corrected chi connectivity index (χ4v) is 5.68. The molecule has 1 aliphatic rings. The Labute approximate surface area is 209 Å². The summed E-state index contributed by atoms with van der Waals surface area (Å²) >= 11 is 0. The zero-order chi connectivity index (χ0) is 25.3. The van der Waals surface area contributed by atoms with Gasteiger partial charge >= 0.3 is 0 Å². The summed E-state index contributed by atoms with van der Waals surface area (Å²) in [6.07, 6.45) is 5.68. The van der Waals surface area contributed by atoms with Crippen molar-refractivity contribution in [2.24, 2.45) is 13.0 Å². The van der Waals surface area contributed by atoms with E-state index in [-0.39, 0.29) is 18.4 Å². The summed E-state index contributed by atoms with van der Waals surface area (Å²) in [5.41, 5.74) is 6.81. The molecule has 0 fully saturated rings. The standard InChI is InChI=1S/C28H31N5O3/c1-15(2)12-33-22-9-6-16(36-14-23(34)31(3)4)10-18(22)25-19-11-29-28(35)26(19)24-17(27(25)33)7-8-21-20(24)13-32(5)30-21/h6,9-11,13,15,29,35H,7-8,12,14H2,1-5H3. The fourth-order valence-electron chi connectivity index (χ4n) is 5.68. The summed E-state index contributed by atoms with van der Waals surface area (Å²) in [7, 11) is 5.39. The molecule has 0 atom stereocenters. The van der Waals surface area contributed by atoms with Crippen molar-refractivity contribution in [3.05, 3.63) is 41.9 Å². The van der Waals surface area contributed by atoms with Gasteiger partial charge in [0.1, 0.15) is 5.75 Å². The molecule has 3 heterocycles. The lowest BCUT2D eigenvalue weighted by atomic mass is 9.85. The van der Waals surface area contributed by atoms with Gasteiger partial charge in [0.25, 0.3) is 5.91 Å². The topological polar surface area (TPSA) is 88.3 Å². The number of ether oxygens (including phenoxy) is 1. The lowest BCUT2D eigenvalue weighted by molar-refractivity contribution is -0.130. The van der Waals surface area contributed by atoms with E-state index in [1.54, 1.807) is 14.1 Å². The number of hydrogen-bond acceptors (Lipinski definition) is 4. The monoisotopic (exact) mass is 485 g/mol. The number of benzene rings is 2. The van der Waals surface area contributed by atoms with E-state index >= 15 is 0 Å². The number of aryl methyl sites for hydroxylation is 3. The smallest absolute Gasteiger partial charge is 0.259 e. The van der Waals surface area contributed by atoms with Gasteiger partial charge in [0, 0.05) is 72.9 Å². The number of carbonyl (C=O) groups excluding carboxylic acids is 1. The highest BCUT2D eigenvalue weighted by Crippen LogP contribution is 2.49. The molecule has 0 bridgehead atoms. The predicted octanol–water partition coefficient (Wildman–Crippen LogP) is 4.60. The predicted molar refractivity (Wildman–Crippen MR) is 142 cm³/mol. The van der Waals surface area contributed by atoms with Crippen molar-refractivity contribution in [2.75, 3.05) is 20.7 Å². The number of likely N-dealkylation sites (N-methyl/N-ethyl adjacent to an activating group) is 1. The second-order valence-corrected chi connectivity index (χ2v) is 10.4. The largest absolute Gasteiger partial charge is 0.494 e.